The first-order valence-electron chi connectivity index (χ1n) is 6.45. The van der Waals surface area contributed by atoms with Crippen LogP contribution >= 0.6 is 11.6 Å². The van der Waals surface area contributed by atoms with Crippen molar-refractivity contribution in [3.8, 4) is 6.07 Å². The van der Waals surface area contributed by atoms with Crippen molar-refractivity contribution in [3.63, 3.8) is 0 Å². The standard InChI is InChI=1S/C14H15ClN4O/c1-3-11-13(15)12(19(4-2)17-11)9-18-7-5-6-10(8-16)14(18)20/h5-7H,3-4,9H2,1-2H3. The lowest BCUT2D eigenvalue weighted by Crippen LogP contribution is -2.23. The quantitative estimate of drug-likeness (QED) is 0.867. The van der Waals surface area contributed by atoms with Gasteiger partial charge in [0.25, 0.3) is 5.56 Å². The van der Waals surface area contributed by atoms with Gasteiger partial charge in [0.1, 0.15) is 11.6 Å². The molecule has 0 amide bonds. The highest BCUT2D eigenvalue weighted by Gasteiger charge is 2.15. The molecular formula is C14H15ClN4O. The summed E-state index contributed by atoms with van der Waals surface area (Å²) in [7, 11) is 0. The molecule has 0 aliphatic rings. The van der Waals surface area contributed by atoms with Crippen molar-refractivity contribution in [1.29, 1.82) is 5.26 Å². The van der Waals surface area contributed by atoms with Gasteiger partial charge in [-0.2, -0.15) is 10.4 Å². The van der Waals surface area contributed by atoms with Crippen LogP contribution in [-0.4, -0.2) is 14.3 Å². The molecular weight excluding hydrogens is 276 g/mol. The Morgan fingerprint density at radius 3 is 2.80 bits per heavy atom. The van der Waals surface area contributed by atoms with Crippen molar-refractivity contribution in [3.05, 3.63) is 50.7 Å². The van der Waals surface area contributed by atoms with E-state index in [1.807, 2.05) is 19.9 Å². The smallest absolute Gasteiger partial charge is 0.268 e. The highest BCUT2D eigenvalue weighted by Crippen LogP contribution is 2.22. The summed E-state index contributed by atoms with van der Waals surface area (Å²) in [6, 6.07) is 5.08. The zero-order valence-corrected chi connectivity index (χ0v) is 12.2. The van der Waals surface area contributed by atoms with Gasteiger partial charge in [0, 0.05) is 12.7 Å². The Labute approximate surface area is 122 Å². The molecule has 0 saturated heterocycles. The van der Waals surface area contributed by atoms with Crippen LogP contribution in [0.25, 0.3) is 0 Å². The molecule has 2 heterocycles. The van der Waals surface area contributed by atoms with Gasteiger partial charge in [-0.05, 0) is 25.5 Å². The van der Waals surface area contributed by atoms with Gasteiger partial charge in [-0.15, -0.1) is 0 Å². The molecule has 6 heteroatoms. The number of hydrogen-bond acceptors (Lipinski definition) is 3. The molecule has 0 bridgehead atoms. The molecule has 20 heavy (non-hydrogen) atoms. The number of hydrogen-bond donors (Lipinski definition) is 0. The lowest BCUT2D eigenvalue weighted by atomic mass is 10.2. The Morgan fingerprint density at radius 1 is 1.45 bits per heavy atom. The molecule has 0 aliphatic heterocycles. The molecule has 0 atom stereocenters. The highest BCUT2D eigenvalue weighted by molar-refractivity contribution is 6.31. The molecule has 104 valence electrons. The monoisotopic (exact) mass is 290 g/mol. The largest absolute Gasteiger partial charge is 0.308 e. The summed E-state index contributed by atoms with van der Waals surface area (Å²) in [5.74, 6) is 0. The maximum atomic E-state index is 12.1. The second-order valence-corrected chi connectivity index (χ2v) is 4.72. The van der Waals surface area contributed by atoms with E-state index in [-0.39, 0.29) is 11.1 Å². The minimum atomic E-state index is -0.312. The third-order valence-electron chi connectivity index (χ3n) is 3.15. The minimum absolute atomic E-state index is 0.127. The lowest BCUT2D eigenvalue weighted by molar-refractivity contribution is 0.589. The Kier molecular flexibility index (Phi) is 4.26. The molecule has 2 aromatic heterocycles. The molecule has 2 rings (SSSR count). The number of pyridine rings is 1. The second kappa shape index (κ2) is 5.93. The summed E-state index contributed by atoms with van der Waals surface area (Å²) < 4.78 is 3.28. The van der Waals surface area contributed by atoms with Crippen LogP contribution in [0, 0.1) is 11.3 Å². The fourth-order valence-corrected chi connectivity index (χ4v) is 2.40. The lowest BCUT2D eigenvalue weighted by Gasteiger charge is -2.08. The van der Waals surface area contributed by atoms with Gasteiger partial charge in [0.15, 0.2) is 0 Å². The van der Waals surface area contributed by atoms with Crippen LogP contribution in [0.15, 0.2) is 23.1 Å². The van der Waals surface area contributed by atoms with E-state index < -0.39 is 0 Å². The van der Waals surface area contributed by atoms with Crippen LogP contribution in [0.4, 0.5) is 0 Å². The first kappa shape index (κ1) is 14.4. The van der Waals surface area contributed by atoms with Crippen molar-refractivity contribution >= 4 is 11.6 Å². The summed E-state index contributed by atoms with van der Waals surface area (Å²) in [5.41, 5.74) is 1.44. The zero-order valence-electron chi connectivity index (χ0n) is 11.4. The number of halogens is 1. The molecule has 5 nitrogen and oxygen atoms in total. The summed E-state index contributed by atoms with van der Waals surface area (Å²) in [5, 5.41) is 13.9. The second-order valence-electron chi connectivity index (χ2n) is 4.34. The Balaban J connectivity index is 2.48. The molecule has 0 spiro atoms. The van der Waals surface area contributed by atoms with Crippen LogP contribution in [0.5, 0.6) is 0 Å². The van der Waals surface area contributed by atoms with Crippen molar-refractivity contribution < 1.29 is 0 Å². The molecule has 0 saturated carbocycles. The maximum Gasteiger partial charge on any atom is 0.268 e. The van der Waals surface area contributed by atoms with Gasteiger partial charge in [-0.3, -0.25) is 9.48 Å². The maximum absolute atomic E-state index is 12.1. The van der Waals surface area contributed by atoms with E-state index >= 15 is 0 Å². The molecule has 0 aromatic carbocycles. The SMILES string of the molecule is CCc1nn(CC)c(Cn2cccc(C#N)c2=O)c1Cl. The molecule has 0 N–H and O–H groups in total. The van der Waals surface area contributed by atoms with E-state index in [9.17, 15) is 4.79 Å². The summed E-state index contributed by atoms with van der Waals surface area (Å²) in [6.07, 6.45) is 2.39. The predicted molar refractivity (Wildman–Crippen MR) is 76.8 cm³/mol. The number of rotatable bonds is 4. The van der Waals surface area contributed by atoms with Crippen LogP contribution < -0.4 is 5.56 Å². The van der Waals surface area contributed by atoms with Gasteiger partial charge in [0.05, 0.1) is 23.0 Å². The van der Waals surface area contributed by atoms with Gasteiger partial charge in [-0.1, -0.05) is 18.5 Å². The van der Waals surface area contributed by atoms with E-state index in [1.54, 1.807) is 16.9 Å². The van der Waals surface area contributed by atoms with Crippen molar-refractivity contribution in [2.75, 3.05) is 0 Å². The molecule has 2 aromatic rings. The van der Waals surface area contributed by atoms with E-state index in [0.29, 0.717) is 18.1 Å². The molecule has 0 aliphatic carbocycles. The number of aryl methyl sites for hydroxylation is 2. The fraction of sp³-hybridized carbons (Fsp3) is 0.357. The topological polar surface area (TPSA) is 63.6 Å². The third-order valence-corrected chi connectivity index (χ3v) is 3.59. The minimum Gasteiger partial charge on any atom is -0.308 e. The summed E-state index contributed by atoms with van der Waals surface area (Å²) in [4.78, 5) is 12.1. The first-order valence-corrected chi connectivity index (χ1v) is 6.83. The van der Waals surface area contributed by atoms with E-state index in [2.05, 4.69) is 5.10 Å². The molecule has 0 unspecified atom stereocenters. The Morgan fingerprint density at radius 2 is 2.20 bits per heavy atom. The van der Waals surface area contributed by atoms with E-state index in [1.165, 1.54) is 10.6 Å². The Bertz CT molecular complexity index is 724. The average Bonchev–Trinajstić information content (AvgIpc) is 2.77. The van der Waals surface area contributed by atoms with Crippen molar-refractivity contribution in [2.24, 2.45) is 0 Å². The number of aromatic nitrogens is 3. The summed E-state index contributed by atoms with van der Waals surface area (Å²) in [6.45, 7) is 4.96. The zero-order chi connectivity index (χ0) is 14.7. The van der Waals surface area contributed by atoms with Crippen molar-refractivity contribution in [2.45, 2.75) is 33.4 Å². The average molecular weight is 291 g/mol. The molecule has 0 radical (unpaired) electrons. The van der Waals surface area contributed by atoms with Crippen LogP contribution in [-0.2, 0) is 19.5 Å². The summed E-state index contributed by atoms with van der Waals surface area (Å²) >= 11 is 6.32. The Hall–Kier alpha value is -2.06. The number of nitriles is 1. The fourth-order valence-electron chi connectivity index (χ4n) is 2.08. The third kappa shape index (κ3) is 2.47. The number of nitrogens with zero attached hydrogens (tertiary/aromatic N) is 4. The van der Waals surface area contributed by atoms with Crippen LogP contribution in [0.1, 0.15) is 30.8 Å². The van der Waals surface area contributed by atoms with Gasteiger partial charge >= 0.3 is 0 Å². The predicted octanol–water partition coefficient (Wildman–Crippen LogP) is 2.20. The van der Waals surface area contributed by atoms with Gasteiger partial charge in [-0.25, -0.2) is 0 Å². The van der Waals surface area contributed by atoms with Gasteiger partial charge in [0.2, 0.25) is 0 Å². The highest BCUT2D eigenvalue weighted by atomic mass is 35.5. The first-order chi connectivity index (χ1) is 9.62. The van der Waals surface area contributed by atoms with E-state index in [4.69, 9.17) is 16.9 Å². The van der Waals surface area contributed by atoms with Crippen LogP contribution in [0.3, 0.4) is 0 Å². The van der Waals surface area contributed by atoms with Crippen molar-refractivity contribution in [1.82, 2.24) is 14.3 Å². The van der Waals surface area contributed by atoms with E-state index in [0.717, 1.165) is 17.8 Å². The van der Waals surface area contributed by atoms with Gasteiger partial charge < -0.3 is 4.57 Å². The van der Waals surface area contributed by atoms with Crippen LogP contribution in [0.2, 0.25) is 5.02 Å². The normalized spacial score (nSPS) is 10.5. The molecule has 0 fully saturated rings.